The van der Waals surface area contributed by atoms with Crippen LogP contribution in [0.1, 0.15) is 22.7 Å². The van der Waals surface area contributed by atoms with Crippen LogP contribution in [0.5, 0.6) is 5.75 Å². The molecule has 0 aliphatic rings. The van der Waals surface area contributed by atoms with Crippen LogP contribution in [-0.4, -0.2) is 16.6 Å². The van der Waals surface area contributed by atoms with Crippen molar-refractivity contribution in [2.24, 2.45) is 0 Å². The molecule has 0 saturated carbocycles. The van der Waals surface area contributed by atoms with Gasteiger partial charge in [0.25, 0.3) is 0 Å². The summed E-state index contributed by atoms with van der Waals surface area (Å²) in [5.74, 6) is -0.493. The van der Waals surface area contributed by atoms with Crippen LogP contribution >= 0.6 is 0 Å². The molecule has 2 aromatic carbocycles. The summed E-state index contributed by atoms with van der Waals surface area (Å²) in [5.41, 5.74) is -0.446. The highest BCUT2D eigenvalue weighted by Crippen LogP contribution is 2.38. The van der Waals surface area contributed by atoms with Crippen molar-refractivity contribution in [3.63, 3.8) is 0 Å². The van der Waals surface area contributed by atoms with Gasteiger partial charge in [0, 0.05) is 23.5 Å². The molecule has 148 valence electrons. The van der Waals surface area contributed by atoms with E-state index in [0.29, 0.717) is 5.56 Å². The van der Waals surface area contributed by atoms with E-state index in [1.807, 2.05) is 0 Å². The number of alkyl halides is 6. The number of aromatic amines is 1. The zero-order chi connectivity index (χ0) is 20.4. The summed E-state index contributed by atoms with van der Waals surface area (Å²) in [4.78, 5) is 0. The number of rotatable bonds is 5. The third kappa shape index (κ3) is 4.76. The first-order chi connectivity index (χ1) is 13.1. The number of ether oxygens (including phenoxy) is 1. The van der Waals surface area contributed by atoms with Gasteiger partial charge < -0.3 is 10.1 Å². The van der Waals surface area contributed by atoms with Crippen molar-refractivity contribution in [1.82, 2.24) is 10.2 Å². The molecule has 0 radical (unpaired) electrons. The highest BCUT2D eigenvalue weighted by atomic mass is 19.4. The molecule has 0 fully saturated rings. The molecule has 10 heteroatoms. The van der Waals surface area contributed by atoms with Crippen LogP contribution < -0.4 is 10.1 Å². The van der Waals surface area contributed by atoms with Crippen molar-refractivity contribution in [3.8, 4) is 5.75 Å². The number of halogens is 6. The zero-order valence-corrected chi connectivity index (χ0v) is 14.0. The Bertz CT molecular complexity index is 922. The van der Waals surface area contributed by atoms with Gasteiger partial charge in [0.05, 0.1) is 17.8 Å². The van der Waals surface area contributed by atoms with Crippen LogP contribution in [0.15, 0.2) is 60.9 Å². The highest BCUT2D eigenvalue weighted by Gasteiger charge is 2.36. The number of nitrogens with one attached hydrogen (secondary N) is 2. The lowest BCUT2D eigenvalue weighted by atomic mass is 9.95. The predicted molar refractivity (Wildman–Crippen MR) is 88.6 cm³/mol. The molecule has 3 rings (SSSR count). The maximum absolute atomic E-state index is 13.4. The number of aromatic nitrogens is 2. The largest absolute Gasteiger partial charge is 0.573 e. The van der Waals surface area contributed by atoms with Crippen LogP contribution in [0.2, 0.25) is 0 Å². The first kappa shape index (κ1) is 19.6. The van der Waals surface area contributed by atoms with Crippen molar-refractivity contribution in [2.45, 2.75) is 18.6 Å². The fraction of sp³-hybridized carbons (Fsp3) is 0.167. The quantitative estimate of drug-likeness (QED) is 0.553. The standard InChI is InChI=1S/C18H13F6N3O/c19-17(20,21)15-7-2-1-6-14(15)16(11-9-25-26-10-11)27-12-4-3-5-13(8-12)28-18(22,23)24/h1-10,16,27H,(H,25,26). The molecule has 28 heavy (non-hydrogen) atoms. The summed E-state index contributed by atoms with van der Waals surface area (Å²) in [6.45, 7) is 0. The van der Waals surface area contributed by atoms with Crippen molar-refractivity contribution in [1.29, 1.82) is 0 Å². The van der Waals surface area contributed by atoms with Gasteiger partial charge in [-0.1, -0.05) is 24.3 Å². The number of benzene rings is 2. The lowest BCUT2D eigenvalue weighted by Crippen LogP contribution is -2.19. The molecule has 1 atom stereocenters. The van der Waals surface area contributed by atoms with E-state index in [9.17, 15) is 26.3 Å². The van der Waals surface area contributed by atoms with Gasteiger partial charge in [-0.2, -0.15) is 18.3 Å². The number of anilines is 1. The zero-order valence-electron chi connectivity index (χ0n) is 14.0. The molecule has 3 aromatic rings. The Hall–Kier alpha value is -3.17. The molecular weight excluding hydrogens is 388 g/mol. The minimum atomic E-state index is -4.88. The fourth-order valence-corrected chi connectivity index (χ4v) is 2.72. The second kappa shape index (κ2) is 7.45. The summed E-state index contributed by atoms with van der Waals surface area (Å²) in [6.07, 6.45) is -6.76. The topological polar surface area (TPSA) is 49.9 Å². The van der Waals surface area contributed by atoms with E-state index in [2.05, 4.69) is 20.3 Å². The third-order valence-electron chi connectivity index (χ3n) is 3.81. The molecule has 0 saturated heterocycles. The smallest absolute Gasteiger partial charge is 0.406 e. The van der Waals surface area contributed by atoms with Crippen molar-refractivity contribution in [2.75, 3.05) is 5.32 Å². The summed E-state index contributed by atoms with van der Waals surface area (Å²) in [7, 11) is 0. The monoisotopic (exact) mass is 401 g/mol. The van der Waals surface area contributed by atoms with E-state index in [1.54, 1.807) is 0 Å². The Labute approximate surface area is 155 Å². The normalized spacial score (nSPS) is 13.2. The lowest BCUT2D eigenvalue weighted by molar-refractivity contribution is -0.274. The molecule has 0 amide bonds. The lowest BCUT2D eigenvalue weighted by Gasteiger charge is -2.23. The van der Waals surface area contributed by atoms with Gasteiger partial charge in [-0.15, -0.1) is 13.2 Å². The predicted octanol–water partition coefficient (Wildman–Crippen LogP) is 5.53. The average molecular weight is 401 g/mol. The van der Waals surface area contributed by atoms with E-state index in [1.165, 1.54) is 42.7 Å². The number of hydrogen-bond acceptors (Lipinski definition) is 3. The molecule has 0 bridgehead atoms. The first-order valence-electron chi connectivity index (χ1n) is 7.90. The Morgan fingerprint density at radius 3 is 2.36 bits per heavy atom. The average Bonchev–Trinajstić information content (AvgIpc) is 3.12. The second-order valence-electron chi connectivity index (χ2n) is 5.77. The molecule has 1 unspecified atom stereocenters. The van der Waals surface area contributed by atoms with Gasteiger partial charge in [0.15, 0.2) is 0 Å². The highest BCUT2D eigenvalue weighted by molar-refractivity contribution is 5.53. The van der Waals surface area contributed by atoms with E-state index in [0.717, 1.165) is 18.2 Å². The maximum Gasteiger partial charge on any atom is 0.573 e. The van der Waals surface area contributed by atoms with Crippen molar-refractivity contribution >= 4 is 5.69 Å². The molecule has 2 N–H and O–H groups in total. The maximum atomic E-state index is 13.4. The molecule has 0 aliphatic carbocycles. The molecule has 4 nitrogen and oxygen atoms in total. The molecule has 0 spiro atoms. The Balaban J connectivity index is 2.00. The molecule has 1 heterocycles. The van der Waals surface area contributed by atoms with Crippen LogP contribution in [-0.2, 0) is 6.18 Å². The third-order valence-corrected chi connectivity index (χ3v) is 3.81. The minimum Gasteiger partial charge on any atom is -0.406 e. The van der Waals surface area contributed by atoms with E-state index in [4.69, 9.17) is 0 Å². The van der Waals surface area contributed by atoms with Gasteiger partial charge >= 0.3 is 12.5 Å². The SMILES string of the molecule is FC(F)(F)Oc1cccc(NC(c2cn[nH]c2)c2ccccc2C(F)(F)F)c1. The fourth-order valence-electron chi connectivity index (χ4n) is 2.72. The van der Waals surface area contributed by atoms with E-state index >= 15 is 0 Å². The number of H-pyrrole nitrogens is 1. The van der Waals surface area contributed by atoms with E-state index in [-0.39, 0.29) is 11.3 Å². The number of hydrogen-bond donors (Lipinski definition) is 2. The van der Waals surface area contributed by atoms with E-state index < -0.39 is 29.9 Å². The van der Waals surface area contributed by atoms with Crippen LogP contribution in [0.3, 0.4) is 0 Å². The van der Waals surface area contributed by atoms with Crippen molar-refractivity contribution < 1.29 is 31.1 Å². The van der Waals surface area contributed by atoms with Gasteiger partial charge in [0.1, 0.15) is 5.75 Å². The van der Waals surface area contributed by atoms with Gasteiger partial charge in [-0.3, -0.25) is 5.10 Å². The van der Waals surface area contributed by atoms with Gasteiger partial charge in [-0.05, 0) is 23.8 Å². The summed E-state index contributed by atoms with van der Waals surface area (Å²) < 4.78 is 81.5. The Morgan fingerprint density at radius 2 is 1.71 bits per heavy atom. The molecular formula is C18H13F6N3O. The molecule has 1 aromatic heterocycles. The second-order valence-corrected chi connectivity index (χ2v) is 5.77. The van der Waals surface area contributed by atoms with Crippen LogP contribution in [0.4, 0.5) is 32.0 Å². The number of nitrogens with zero attached hydrogens (tertiary/aromatic N) is 1. The van der Waals surface area contributed by atoms with Crippen LogP contribution in [0, 0.1) is 0 Å². The Morgan fingerprint density at radius 1 is 0.964 bits per heavy atom. The van der Waals surface area contributed by atoms with Crippen molar-refractivity contribution in [3.05, 3.63) is 77.6 Å². The molecule has 0 aliphatic heterocycles. The van der Waals surface area contributed by atoms with Gasteiger partial charge in [0.2, 0.25) is 0 Å². The summed E-state index contributed by atoms with van der Waals surface area (Å²) >= 11 is 0. The summed E-state index contributed by atoms with van der Waals surface area (Å²) in [5, 5.41) is 9.10. The van der Waals surface area contributed by atoms with Crippen LogP contribution in [0.25, 0.3) is 0 Å². The minimum absolute atomic E-state index is 0.0986. The van der Waals surface area contributed by atoms with Gasteiger partial charge in [-0.25, -0.2) is 0 Å². The first-order valence-corrected chi connectivity index (χ1v) is 7.90. The summed E-state index contributed by atoms with van der Waals surface area (Å²) in [6, 6.07) is 8.79. The Kier molecular flexibility index (Phi) is 5.21.